The number of hydrogen-bond acceptors (Lipinski definition) is 1. The maximum absolute atomic E-state index is 11.4. The Labute approximate surface area is 139 Å². The second-order valence-electron chi connectivity index (χ2n) is 5.10. The minimum absolute atomic E-state index is 0.177. The van der Waals surface area contributed by atoms with Crippen LogP contribution in [-0.4, -0.2) is 9.97 Å². The standard InChI is InChI=1S/C16H14Br2N2O/c1-9-4-2-3-5-10(9)6-12(17)11-7-14-15(8-13(11)18)20-16(21)19-14/h2-5,7-8,12H,6H2,1H3,(H2,19,20,21). The third-order valence-corrected chi connectivity index (χ3v) is 5.13. The fourth-order valence-electron chi connectivity index (χ4n) is 2.45. The van der Waals surface area contributed by atoms with Gasteiger partial charge in [0.25, 0.3) is 0 Å². The van der Waals surface area contributed by atoms with Gasteiger partial charge in [-0.1, -0.05) is 56.1 Å². The Bertz CT molecular complexity index is 851. The molecule has 21 heavy (non-hydrogen) atoms. The van der Waals surface area contributed by atoms with Crippen molar-refractivity contribution in [2.24, 2.45) is 0 Å². The SMILES string of the molecule is Cc1ccccc1CC(Br)c1cc2[nH]c(=O)[nH]c2cc1Br. The molecule has 108 valence electrons. The molecule has 1 atom stereocenters. The maximum atomic E-state index is 11.4. The highest BCUT2D eigenvalue weighted by Gasteiger charge is 2.15. The van der Waals surface area contributed by atoms with Crippen LogP contribution in [0.2, 0.25) is 0 Å². The number of H-pyrrole nitrogens is 2. The van der Waals surface area contributed by atoms with Crippen LogP contribution in [0, 0.1) is 6.92 Å². The van der Waals surface area contributed by atoms with Crippen LogP contribution in [0.3, 0.4) is 0 Å². The van der Waals surface area contributed by atoms with Crippen molar-refractivity contribution in [1.29, 1.82) is 0 Å². The highest BCUT2D eigenvalue weighted by Crippen LogP contribution is 2.34. The van der Waals surface area contributed by atoms with E-state index in [4.69, 9.17) is 0 Å². The highest BCUT2D eigenvalue weighted by molar-refractivity contribution is 9.11. The number of imidazole rings is 1. The molecule has 0 aliphatic rings. The molecule has 0 spiro atoms. The van der Waals surface area contributed by atoms with Gasteiger partial charge in [-0.05, 0) is 42.2 Å². The van der Waals surface area contributed by atoms with E-state index in [2.05, 4.69) is 73.0 Å². The molecule has 0 aliphatic carbocycles. The van der Waals surface area contributed by atoms with E-state index >= 15 is 0 Å². The summed E-state index contributed by atoms with van der Waals surface area (Å²) in [6, 6.07) is 12.3. The monoisotopic (exact) mass is 408 g/mol. The zero-order chi connectivity index (χ0) is 15.0. The van der Waals surface area contributed by atoms with Crippen molar-refractivity contribution >= 4 is 42.9 Å². The van der Waals surface area contributed by atoms with Crippen molar-refractivity contribution in [2.45, 2.75) is 18.2 Å². The summed E-state index contributed by atoms with van der Waals surface area (Å²) in [5, 5.41) is 0. The molecular weight excluding hydrogens is 396 g/mol. The van der Waals surface area contributed by atoms with Crippen molar-refractivity contribution in [3.63, 3.8) is 0 Å². The molecule has 0 aliphatic heterocycles. The topological polar surface area (TPSA) is 48.6 Å². The number of halogens is 2. The molecular formula is C16H14Br2N2O. The normalized spacial score (nSPS) is 12.7. The molecule has 0 bridgehead atoms. The number of aromatic nitrogens is 2. The third-order valence-electron chi connectivity index (χ3n) is 3.63. The van der Waals surface area contributed by atoms with E-state index in [1.54, 1.807) is 0 Å². The highest BCUT2D eigenvalue weighted by atomic mass is 79.9. The van der Waals surface area contributed by atoms with E-state index in [1.807, 2.05) is 12.1 Å². The minimum Gasteiger partial charge on any atom is -0.306 e. The molecule has 5 heteroatoms. The molecule has 1 heterocycles. The van der Waals surface area contributed by atoms with Crippen molar-refractivity contribution in [2.75, 3.05) is 0 Å². The van der Waals surface area contributed by atoms with E-state index in [1.165, 1.54) is 11.1 Å². The fraction of sp³-hybridized carbons (Fsp3) is 0.188. The number of aryl methyl sites for hydroxylation is 1. The lowest BCUT2D eigenvalue weighted by atomic mass is 10.0. The van der Waals surface area contributed by atoms with E-state index in [0.29, 0.717) is 0 Å². The number of hydrogen-bond donors (Lipinski definition) is 2. The second kappa shape index (κ2) is 5.81. The Morgan fingerprint density at radius 1 is 1.14 bits per heavy atom. The first-order chi connectivity index (χ1) is 10.0. The summed E-state index contributed by atoms with van der Waals surface area (Å²) in [5.74, 6) is 0. The van der Waals surface area contributed by atoms with E-state index in [0.717, 1.165) is 27.5 Å². The number of aromatic amines is 2. The van der Waals surface area contributed by atoms with Crippen molar-refractivity contribution in [1.82, 2.24) is 9.97 Å². The predicted molar refractivity (Wildman–Crippen MR) is 93.2 cm³/mol. The molecule has 1 unspecified atom stereocenters. The first-order valence-electron chi connectivity index (χ1n) is 6.64. The molecule has 0 fully saturated rings. The van der Waals surface area contributed by atoms with Crippen molar-refractivity contribution in [3.05, 3.63) is 68.0 Å². The Balaban J connectivity index is 1.97. The minimum atomic E-state index is -0.181. The quantitative estimate of drug-likeness (QED) is 0.610. The maximum Gasteiger partial charge on any atom is 0.323 e. The summed E-state index contributed by atoms with van der Waals surface area (Å²) in [6.07, 6.45) is 0.894. The van der Waals surface area contributed by atoms with Gasteiger partial charge in [0.1, 0.15) is 0 Å². The Morgan fingerprint density at radius 2 is 1.81 bits per heavy atom. The zero-order valence-corrected chi connectivity index (χ0v) is 14.6. The second-order valence-corrected chi connectivity index (χ2v) is 7.06. The molecule has 3 aromatic rings. The largest absolute Gasteiger partial charge is 0.323 e. The summed E-state index contributed by atoms with van der Waals surface area (Å²) in [4.78, 5) is 17.1. The molecule has 3 nitrogen and oxygen atoms in total. The van der Waals surface area contributed by atoms with Crippen LogP contribution in [0.1, 0.15) is 21.5 Å². The fourth-order valence-corrected chi connectivity index (χ4v) is 4.11. The molecule has 1 aromatic heterocycles. The van der Waals surface area contributed by atoms with Gasteiger partial charge < -0.3 is 9.97 Å². The Hall–Kier alpha value is -1.33. The first kappa shape index (κ1) is 14.6. The lowest BCUT2D eigenvalue weighted by molar-refractivity contribution is 0.935. The van der Waals surface area contributed by atoms with Crippen LogP contribution in [0.25, 0.3) is 11.0 Å². The van der Waals surface area contributed by atoms with Crippen LogP contribution >= 0.6 is 31.9 Å². The van der Waals surface area contributed by atoms with Gasteiger partial charge in [0.2, 0.25) is 0 Å². The number of nitrogens with one attached hydrogen (secondary N) is 2. The summed E-state index contributed by atoms with van der Waals surface area (Å²) >= 11 is 7.36. The van der Waals surface area contributed by atoms with E-state index in [-0.39, 0.29) is 10.5 Å². The van der Waals surface area contributed by atoms with Crippen molar-refractivity contribution in [3.8, 4) is 0 Å². The van der Waals surface area contributed by atoms with Gasteiger partial charge in [-0.15, -0.1) is 0 Å². The van der Waals surface area contributed by atoms with Crippen LogP contribution < -0.4 is 5.69 Å². The first-order valence-corrected chi connectivity index (χ1v) is 8.35. The molecule has 0 saturated heterocycles. The average Bonchev–Trinajstić information content (AvgIpc) is 2.79. The van der Waals surface area contributed by atoms with Crippen LogP contribution in [0.4, 0.5) is 0 Å². The molecule has 2 aromatic carbocycles. The summed E-state index contributed by atoms with van der Waals surface area (Å²) in [7, 11) is 0. The summed E-state index contributed by atoms with van der Waals surface area (Å²) < 4.78 is 0.987. The summed E-state index contributed by atoms with van der Waals surface area (Å²) in [6.45, 7) is 2.12. The van der Waals surface area contributed by atoms with E-state index in [9.17, 15) is 4.79 Å². The van der Waals surface area contributed by atoms with Gasteiger partial charge in [0.05, 0.1) is 11.0 Å². The van der Waals surface area contributed by atoms with E-state index < -0.39 is 0 Å². The third kappa shape index (κ3) is 2.99. The lowest BCUT2D eigenvalue weighted by Crippen LogP contribution is -1.99. The molecule has 0 saturated carbocycles. The van der Waals surface area contributed by atoms with Crippen LogP contribution in [0.15, 0.2) is 45.7 Å². The number of benzene rings is 2. The molecule has 2 N–H and O–H groups in total. The summed E-state index contributed by atoms with van der Waals surface area (Å²) in [5.41, 5.74) is 5.18. The van der Waals surface area contributed by atoms with Gasteiger partial charge in [-0.2, -0.15) is 0 Å². The van der Waals surface area contributed by atoms with Gasteiger partial charge in [-0.25, -0.2) is 4.79 Å². The van der Waals surface area contributed by atoms with Gasteiger partial charge >= 0.3 is 5.69 Å². The van der Waals surface area contributed by atoms with Crippen LogP contribution in [0.5, 0.6) is 0 Å². The number of rotatable bonds is 3. The smallest absolute Gasteiger partial charge is 0.306 e. The number of fused-ring (bicyclic) bond motifs is 1. The molecule has 0 amide bonds. The molecule has 3 rings (SSSR count). The predicted octanol–water partition coefficient (Wildman–Crippen LogP) is 4.61. The van der Waals surface area contributed by atoms with Crippen LogP contribution in [-0.2, 0) is 6.42 Å². The lowest BCUT2D eigenvalue weighted by Gasteiger charge is -2.14. The van der Waals surface area contributed by atoms with Gasteiger partial charge in [0.15, 0.2) is 0 Å². The average molecular weight is 410 g/mol. The zero-order valence-electron chi connectivity index (χ0n) is 11.4. The van der Waals surface area contributed by atoms with Crippen molar-refractivity contribution < 1.29 is 0 Å². The van der Waals surface area contributed by atoms with Gasteiger partial charge in [0, 0.05) is 9.30 Å². The Morgan fingerprint density at radius 3 is 2.52 bits per heavy atom. The Kier molecular flexibility index (Phi) is 4.04. The molecule has 0 radical (unpaired) electrons. The number of alkyl halides is 1. The van der Waals surface area contributed by atoms with Gasteiger partial charge in [-0.3, -0.25) is 0 Å².